The Labute approximate surface area is 92.7 Å². The third-order valence-electron chi connectivity index (χ3n) is 1.52. The van der Waals surface area contributed by atoms with Crippen molar-refractivity contribution < 1.29 is 0 Å². The SMILES string of the molecule is CC.CC(C)C#Cc1ccc(C#N)cc1. The molecule has 1 rings (SSSR count). The molecule has 0 amide bonds. The maximum Gasteiger partial charge on any atom is 0.0991 e. The Hall–Kier alpha value is -1.73. The fraction of sp³-hybridized carbons (Fsp3) is 0.357. The van der Waals surface area contributed by atoms with Gasteiger partial charge in [-0.25, -0.2) is 0 Å². The van der Waals surface area contributed by atoms with Gasteiger partial charge in [0.15, 0.2) is 0 Å². The van der Waals surface area contributed by atoms with E-state index in [0.29, 0.717) is 11.5 Å². The van der Waals surface area contributed by atoms with E-state index in [0.717, 1.165) is 5.56 Å². The Morgan fingerprint density at radius 2 is 1.47 bits per heavy atom. The summed E-state index contributed by atoms with van der Waals surface area (Å²) in [5.41, 5.74) is 1.64. The molecule has 0 saturated carbocycles. The number of nitriles is 1. The van der Waals surface area contributed by atoms with Gasteiger partial charge in [0.1, 0.15) is 0 Å². The standard InChI is InChI=1S/C12H11N.C2H6/c1-10(2)3-4-11-5-7-12(9-13)8-6-11;1-2/h5-8,10H,1-2H3;1-2H3. The van der Waals surface area contributed by atoms with Crippen LogP contribution < -0.4 is 0 Å². The van der Waals surface area contributed by atoms with Crippen LogP contribution in [0.2, 0.25) is 0 Å². The minimum atomic E-state index is 0.385. The average Bonchev–Trinajstić information content (AvgIpc) is 2.30. The zero-order valence-electron chi connectivity index (χ0n) is 9.83. The molecular formula is C14H17N. The third kappa shape index (κ3) is 5.55. The molecule has 0 bridgehead atoms. The van der Waals surface area contributed by atoms with E-state index >= 15 is 0 Å². The summed E-state index contributed by atoms with van der Waals surface area (Å²) < 4.78 is 0. The molecule has 0 aliphatic carbocycles. The van der Waals surface area contributed by atoms with Crippen molar-refractivity contribution in [1.82, 2.24) is 0 Å². The van der Waals surface area contributed by atoms with Crippen LogP contribution in [-0.4, -0.2) is 0 Å². The molecule has 0 heterocycles. The van der Waals surface area contributed by atoms with Crippen molar-refractivity contribution in [3.8, 4) is 17.9 Å². The summed E-state index contributed by atoms with van der Waals surface area (Å²) >= 11 is 0. The van der Waals surface area contributed by atoms with Gasteiger partial charge >= 0.3 is 0 Å². The molecule has 0 N–H and O–H groups in total. The lowest BCUT2D eigenvalue weighted by Gasteiger charge is -1.91. The monoisotopic (exact) mass is 199 g/mol. The Balaban J connectivity index is 0.000000921. The van der Waals surface area contributed by atoms with Gasteiger partial charge in [-0.1, -0.05) is 39.5 Å². The van der Waals surface area contributed by atoms with Gasteiger partial charge in [0.2, 0.25) is 0 Å². The molecule has 0 saturated heterocycles. The number of rotatable bonds is 0. The normalized spacial score (nSPS) is 8.00. The Morgan fingerprint density at radius 1 is 1.00 bits per heavy atom. The first-order chi connectivity index (χ1) is 7.22. The fourth-order valence-electron chi connectivity index (χ4n) is 0.856. The minimum absolute atomic E-state index is 0.385. The third-order valence-corrected chi connectivity index (χ3v) is 1.52. The van der Waals surface area contributed by atoms with Gasteiger partial charge in [0.05, 0.1) is 11.6 Å². The number of benzene rings is 1. The zero-order chi connectivity index (χ0) is 11.7. The Bertz CT molecular complexity index is 369. The van der Waals surface area contributed by atoms with Gasteiger partial charge in [-0.05, 0) is 24.3 Å². The van der Waals surface area contributed by atoms with E-state index in [4.69, 9.17) is 5.26 Å². The molecule has 1 aromatic carbocycles. The van der Waals surface area contributed by atoms with E-state index in [1.165, 1.54) is 0 Å². The molecule has 0 aliphatic heterocycles. The summed E-state index contributed by atoms with van der Waals surface area (Å²) in [6.45, 7) is 8.10. The highest BCUT2D eigenvalue weighted by molar-refractivity contribution is 5.39. The van der Waals surface area contributed by atoms with E-state index in [1.54, 1.807) is 12.1 Å². The molecule has 78 valence electrons. The predicted octanol–water partition coefficient (Wildman–Crippen LogP) is 3.59. The molecular weight excluding hydrogens is 182 g/mol. The van der Waals surface area contributed by atoms with Crippen LogP contribution >= 0.6 is 0 Å². The topological polar surface area (TPSA) is 23.8 Å². The minimum Gasteiger partial charge on any atom is -0.192 e. The molecule has 0 spiro atoms. The van der Waals surface area contributed by atoms with Crippen LogP contribution in [-0.2, 0) is 0 Å². The van der Waals surface area contributed by atoms with E-state index in [9.17, 15) is 0 Å². The van der Waals surface area contributed by atoms with Crippen LogP contribution in [0.5, 0.6) is 0 Å². The second kappa shape index (κ2) is 7.65. The zero-order valence-corrected chi connectivity index (χ0v) is 9.83. The highest BCUT2D eigenvalue weighted by Crippen LogP contribution is 2.01. The number of hydrogen-bond donors (Lipinski definition) is 0. The van der Waals surface area contributed by atoms with Crippen molar-refractivity contribution in [1.29, 1.82) is 5.26 Å². The van der Waals surface area contributed by atoms with E-state index in [-0.39, 0.29) is 0 Å². The first-order valence-corrected chi connectivity index (χ1v) is 5.24. The quantitative estimate of drug-likeness (QED) is 0.586. The molecule has 1 heteroatoms. The summed E-state index contributed by atoms with van der Waals surface area (Å²) in [5.74, 6) is 6.49. The van der Waals surface area contributed by atoms with Crippen molar-refractivity contribution in [2.75, 3.05) is 0 Å². The summed E-state index contributed by atoms with van der Waals surface area (Å²) in [4.78, 5) is 0. The largest absolute Gasteiger partial charge is 0.192 e. The molecule has 0 aromatic heterocycles. The maximum atomic E-state index is 8.56. The first-order valence-electron chi connectivity index (χ1n) is 5.24. The Kier molecular flexibility index (Phi) is 6.77. The van der Waals surface area contributed by atoms with Crippen LogP contribution in [0.15, 0.2) is 24.3 Å². The van der Waals surface area contributed by atoms with Crippen LogP contribution in [0.25, 0.3) is 0 Å². The van der Waals surface area contributed by atoms with E-state index in [2.05, 4.69) is 31.8 Å². The van der Waals surface area contributed by atoms with Gasteiger partial charge in [-0.3, -0.25) is 0 Å². The van der Waals surface area contributed by atoms with Crippen molar-refractivity contribution in [3.05, 3.63) is 35.4 Å². The molecule has 0 aliphatic rings. The highest BCUT2D eigenvalue weighted by atomic mass is 14.2. The molecule has 15 heavy (non-hydrogen) atoms. The summed E-state index contributed by atoms with van der Waals surface area (Å²) in [5, 5.41) is 8.56. The number of hydrogen-bond acceptors (Lipinski definition) is 1. The summed E-state index contributed by atoms with van der Waals surface area (Å²) in [6, 6.07) is 9.37. The van der Waals surface area contributed by atoms with Gasteiger partial charge in [-0.15, -0.1) is 0 Å². The van der Waals surface area contributed by atoms with Crippen LogP contribution in [0.4, 0.5) is 0 Å². The summed E-state index contributed by atoms with van der Waals surface area (Å²) in [6.07, 6.45) is 0. The summed E-state index contributed by atoms with van der Waals surface area (Å²) in [7, 11) is 0. The maximum absolute atomic E-state index is 8.56. The van der Waals surface area contributed by atoms with E-state index < -0.39 is 0 Å². The predicted molar refractivity (Wildman–Crippen MR) is 64.2 cm³/mol. The molecule has 0 fully saturated rings. The lowest BCUT2D eigenvalue weighted by molar-refractivity contribution is 0.866. The fourth-order valence-corrected chi connectivity index (χ4v) is 0.856. The van der Waals surface area contributed by atoms with Gasteiger partial charge in [-0.2, -0.15) is 5.26 Å². The van der Waals surface area contributed by atoms with Crippen molar-refractivity contribution >= 4 is 0 Å². The molecule has 0 atom stereocenters. The molecule has 0 unspecified atom stereocenters. The number of nitrogens with zero attached hydrogens (tertiary/aromatic N) is 1. The second-order valence-corrected chi connectivity index (χ2v) is 3.11. The van der Waals surface area contributed by atoms with Crippen molar-refractivity contribution in [3.63, 3.8) is 0 Å². The van der Waals surface area contributed by atoms with Crippen molar-refractivity contribution in [2.24, 2.45) is 5.92 Å². The van der Waals surface area contributed by atoms with E-state index in [1.807, 2.05) is 26.0 Å². The van der Waals surface area contributed by atoms with Gasteiger partial charge in [0, 0.05) is 11.5 Å². The average molecular weight is 199 g/mol. The van der Waals surface area contributed by atoms with Crippen LogP contribution in [0.1, 0.15) is 38.8 Å². The lowest BCUT2D eigenvalue weighted by atomic mass is 10.1. The first kappa shape index (κ1) is 13.3. The van der Waals surface area contributed by atoms with Gasteiger partial charge in [0.25, 0.3) is 0 Å². The lowest BCUT2D eigenvalue weighted by Crippen LogP contribution is -1.80. The van der Waals surface area contributed by atoms with Crippen LogP contribution in [0.3, 0.4) is 0 Å². The smallest absolute Gasteiger partial charge is 0.0991 e. The van der Waals surface area contributed by atoms with Gasteiger partial charge < -0.3 is 0 Å². The van der Waals surface area contributed by atoms with Crippen molar-refractivity contribution in [2.45, 2.75) is 27.7 Å². The second-order valence-electron chi connectivity index (χ2n) is 3.11. The molecule has 0 radical (unpaired) electrons. The highest BCUT2D eigenvalue weighted by Gasteiger charge is 1.89. The Morgan fingerprint density at radius 3 is 1.87 bits per heavy atom. The van der Waals surface area contributed by atoms with Crippen LogP contribution in [0, 0.1) is 29.1 Å². The molecule has 1 nitrogen and oxygen atoms in total. The molecule has 1 aromatic rings.